The van der Waals surface area contributed by atoms with Crippen molar-refractivity contribution in [1.29, 1.82) is 0 Å². The normalized spacial score (nSPS) is 23.9. The third kappa shape index (κ3) is 2.99. The summed E-state index contributed by atoms with van der Waals surface area (Å²) in [5.41, 5.74) is 12.3. The Morgan fingerprint density at radius 1 is 1.40 bits per heavy atom. The second-order valence-electron chi connectivity index (χ2n) is 5.86. The van der Waals surface area contributed by atoms with Crippen LogP contribution in [-0.4, -0.2) is 37.0 Å². The summed E-state index contributed by atoms with van der Waals surface area (Å²) in [6, 6.07) is 5.98. The molecule has 1 aromatic rings. The maximum absolute atomic E-state index is 13.0. The molecule has 2 rings (SSSR count). The summed E-state index contributed by atoms with van der Waals surface area (Å²) in [5.74, 6) is -0.708. The highest BCUT2D eigenvalue weighted by atomic mass is 19.1. The number of carbonyl (C=O) groups is 1. The van der Waals surface area contributed by atoms with Gasteiger partial charge in [-0.05, 0) is 36.1 Å². The minimum absolute atomic E-state index is 0.00238. The van der Waals surface area contributed by atoms with Crippen LogP contribution in [-0.2, 0) is 4.79 Å². The Bertz CT molecular complexity index is 477. The van der Waals surface area contributed by atoms with E-state index < -0.39 is 5.92 Å². The van der Waals surface area contributed by atoms with Crippen molar-refractivity contribution >= 4 is 5.91 Å². The number of hydrogen-bond acceptors (Lipinski definition) is 3. The predicted molar refractivity (Wildman–Crippen MR) is 76.6 cm³/mol. The molecular formula is C15H22FN3O. The zero-order valence-electron chi connectivity index (χ0n) is 11.8. The predicted octanol–water partition coefficient (Wildman–Crippen LogP) is 1.07. The molecule has 1 saturated heterocycles. The lowest BCUT2D eigenvalue weighted by Crippen LogP contribution is -2.39. The van der Waals surface area contributed by atoms with Gasteiger partial charge in [0, 0.05) is 19.6 Å². The van der Waals surface area contributed by atoms with Gasteiger partial charge in [-0.3, -0.25) is 4.79 Å². The van der Waals surface area contributed by atoms with Crippen molar-refractivity contribution in [3.05, 3.63) is 35.6 Å². The van der Waals surface area contributed by atoms with E-state index in [9.17, 15) is 9.18 Å². The van der Waals surface area contributed by atoms with Gasteiger partial charge in [-0.25, -0.2) is 4.39 Å². The molecule has 0 bridgehead atoms. The Kier molecular flexibility index (Phi) is 4.40. The molecule has 0 saturated carbocycles. The molecule has 2 unspecified atom stereocenters. The fourth-order valence-electron chi connectivity index (χ4n) is 2.67. The van der Waals surface area contributed by atoms with Gasteiger partial charge in [0.05, 0.1) is 5.92 Å². The molecule has 1 aliphatic heterocycles. The van der Waals surface area contributed by atoms with E-state index in [1.54, 1.807) is 12.1 Å². The largest absolute Gasteiger partial charge is 0.342 e. The standard InChI is InChI=1S/C15H22FN3O/c1-15(9-18)6-7-19(10-15)14(20)13(8-17)11-2-4-12(16)5-3-11/h2-5,13H,6-10,17-18H2,1H3. The van der Waals surface area contributed by atoms with E-state index in [1.165, 1.54) is 12.1 Å². The van der Waals surface area contributed by atoms with Crippen LogP contribution in [0.25, 0.3) is 0 Å². The highest BCUT2D eigenvalue weighted by molar-refractivity contribution is 5.84. The molecule has 4 nitrogen and oxygen atoms in total. The molecule has 0 radical (unpaired) electrons. The second-order valence-corrected chi connectivity index (χ2v) is 5.86. The van der Waals surface area contributed by atoms with Crippen LogP contribution in [0, 0.1) is 11.2 Å². The van der Waals surface area contributed by atoms with Crippen LogP contribution < -0.4 is 11.5 Å². The van der Waals surface area contributed by atoms with E-state index in [1.807, 2.05) is 4.90 Å². The summed E-state index contributed by atoms with van der Waals surface area (Å²) in [4.78, 5) is 14.4. The lowest BCUT2D eigenvalue weighted by Gasteiger charge is -2.25. The maximum Gasteiger partial charge on any atom is 0.231 e. The number of nitrogens with two attached hydrogens (primary N) is 2. The molecule has 1 heterocycles. The molecule has 20 heavy (non-hydrogen) atoms. The quantitative estimate of drug-likeness (QED) is 0.866. The Balaban J connectivity index is 2.12. The van der Waals surface area contributed by atoms with E-state index >= 15 is 0 Å². The van der Waals surface area contributed by atoms with Gasteiger partial charge in [-0.15, -0.1) is 0 Å². The van der Waals surface area contributed by atoms with Crippen molar-refractivity contribution in [2.24, 2.45) is 16.9 Å². The van der Waals surface area contributed by atoms with E-state index in [-0.39, 0.29) is 23.7 Å². The second kappa shape index (κ2) is 5.89. The minimum Gasteiger partial charge on any atom is -0.342 e. The first kappa shape index (κ1) is 14.9. The Morgan fingerprint density at radius 2 is 2.05 bits per heavy atom. The third-order valence-corrected chi connectivity index (χ3v) is 4.17. The van der Waals surface area contributed by atoms with Gasteiger partial charge in [-0.2, -0.15) is 0 Å². The average molecular weight is 279 g/mol. The number of carbonyl (C=O) groups excluding carboxylic acids is 1. The lowest BCUT2D eigenvalue weighted by atomic mass is 9.90. The van der Waals surface area contributed by atoms with Crippen molar-refractivity contribution < 1.29 is 9.18 Å². The first-order chi connectivity index (χ1) is 9.49. The minimum atomic E-state index is -0.407. The van der Waals surface area contributed by atoms with Crippen LogP contribution in [0.1, 0.15) is 24.8 Å². The van der Waals surface area contributed by atoms with Gasteiger partial charge in [-0.1, -0.05) is 19.1 Å². The van der Waals surface area contributed by atoms with Crippen LogP contribution in [0.2, 0.25) is 0 Å². The molecule has 5 heteroatoms. The van der Waals surface area contributed by atoms with Gasteiger partial charge < -0.3 is 16.4 Å². The number of hydrogen-bond donors (Lipinski definition) is 2. The smallest absolute Gasteiger partial charge is 0.231 e. The number of nitrogens with zero attached hydrogens (tertiary/aromatic N) is 1. The Hall–Kier alpha value is -1.46. The average Bonchev–Trinajstić information content (AvgIpc) is 2.85. The molecule has 2 atom stereocenters. The topological polar surface area (TPSA) is 72.3 Å². The monoisotopic (exact) mass is 279 g/mol. The third-order valence-electron chi connectivity index (χ3n) is 4.17. The van der Waals surface area contributed by atoms with E-state index in [0.29, 0.717) is 19.6 Å². The first-order valence-electron chi connectivity index (χ1n) is 6.93. The van der Waals surface area contributed by atoms with Crippen molar-refractivity contribution in [2.75, 3.05) is 26.2 Å². The Labute approximate surface area is 118 Å². The van der Waals surface area contributed by atoms with Gasteiger partial charge in [0.2, 0.25) is 5.91 Å². The summed E-state index contributed by atoms with van der Waals surface area (Å²) in [6.45, 7) is 4.26. The highest BCUT2D eigenvalue weighted by Crippen LogP contribution is 2.30. The van der Waals surface area contributed by atoms with E-state index in [0.717, 1.165) is 12.0 Å². The van der Waals surface area contributed by atoms with Crippen LogP contribution in [0.3, 0.4) is 0 Å². The van der Waals surface area contributed by atoms with E-state index in [4.69, 9.17) is 11.5 Å². The molecule has 110 valence electrons. The van der Waals surface area contributed by atoms with E-state index in [2.05, 4.69) is 6.92 Å². The summed E-state index contributed by atoms with van der Waals surface area (Å²) in [7, 11) is 0. The van der Waals surface area contributed by atoms with Gasteiger partial charge in [0.25, 0.3) is 0 Å². The molecule has 0 aliphatic carbocycles. The maximum atomic E-state index is 13.0. The molecule has 1 fully saturated rings. The fourth-order valence-corrected chi connectivity index (χ4v) is 2.67. The molecule has 0 aromatic heterocycles. The molecule has 1 amide bonds. The fraction of sp³-hybridized carbons (Fsp3) is 0.533. The number of likely N-dealkylation sites (tertiary alicyclic amines) is 1. The zero-order valence-corrected chi connectivity index (χ0v) is 11.8. The molecule has 0 spiro atoms. The summed E-state index contributed by atoms with van der Waals surface area (Å²) in [5, 5.41) is 0. The van der Waals surface area contributed by atoms with Crippen molar-refractivity contribution in [2.45, 2.75) is 19.3 Å². The van der Waals surface area contributed by atoms with Gasteiger partial charge in [0.15, 0.2) is 0 Å². The van der Waals surface area contributed by atoms with Crippen LogP contribution >= 0.6 is 0 Å². The van der Waals surface area contributed by atoms with Crippen LogP contribution in [0.5, 0.6) is 0 Å². The van der Waals surface area contributed by atoms with Gasteiger partial charge >= 0.3 is 0 Å². The molecule has 4 N–H and O–H groups in total. The molecule has 1 aliphatic rings. The number of halogens is 1. The summed E-state index contributed by atoms with van der Waals surface area (Å²) < 4.78 is 13.0. The number of amides is 1. The molecular weight excluding hydrogens is 257 g/mol. The zero-order chi connectivity index (χ0) is 14.8. The lowest BCUT2D eigenvalue weighted by molar-refractivity contribution is -0.131. The van der Waals surface area contributed by atoms with Crippen molar-refractivity contribution in [3.63, 3.8) is 0 Å². The number of rotatable bonds is 4. The number of benzene rings is 1. The molecule has 1 aromatic carbocycles. The highest BCUT2D eigenvalue weighted by Gasteiger charge is 2.37. The van der Waals surface area contributed by atoms with Crippen LogP contribution in [0.15, 0.2) is 24.3 Å². The van der Waals surface area contributed by atoms with Crippen LogP contribution in [0.4, 0.5) is 4.39 Å². The first-order valence-corrected chi connectivity index (χ1v) is 6.93. The summed E-state index contributed by atoms with van der Waals surface area (Å²) >= 11 is 0. The van der Waals surface area contributed by atoms with Gasteiger partial charge in [0.1, 0.15) is 5.82 Å². The van der Waals surface area contributed by atoms with Crippen molar-refractivity contribution in [3.8, 4) is 0 Å². The summed E-state index contributed by atoms with van der Waals surface area (Å²) in [6.07, 6.45) is 0.913. The van der Waals surface area contributed by atoms with Crippen molar-refractivity contribution in [1.82, 2.24) is 4.90 Å². The Morgan fingerprint density at radius 3 is 2.55 bits per heavy atom. The SMILES string of the molecule is CC1(CN)CCN(C(=O)C(CN)c2ccc(F)cc2)C1.